The van der Waals surface area contributed by atoms with Gasteiger partial charge < -0.3 is 0 Å². The molecule has 0 spiro atoms. The van der Waals surface area contributed by atoms with Crippen molar-refractivity contribution >= 4 is 10.3 Å². The Morgan fingerprint density at radius 2 is 2.42 bits per heavy atom. The number of nitrogens with two attached hydrogens (primary N) is 1. The minimum absolute atomic E-state index is 0.136. The van der Waals surface area contributed by atoms with Gasteiger partial charge >= 0.3 is 10.3 Å². The Balaban J connectivity index is 2.55. The van der Waals surface area contributed by atoms with Crippen LogP contribution in [-0.2, 0) is 21.1 Å². The molecule has 0 aliphatic carbocycles. The van der Waals surface area contributed by atoms with Gasteiger partial charge in [-0.25, -0.2) is 5.14 Å². The third-order valence-electron chi connectivity index (χ3n) is 1.13. The molecule has 0 aliphatic heterocycles. The highest BCUT2D eigenvalue weighted by Crippen LogP contribution is 2.00. The molecule has 0 bridgehead atoms. The van der Waals surface area contributed by atoms with Crippen molar-refractivity contribution in [2.75, 3.05) is 0 Å². The predicted octanol–water partition coefficient (Wildman–Crippen LogP) is -0.562. The maximum atomic E-state index is 10.3. The van der Waals surface area contributed by atoms with Crippen LogP contribution in [0.3, 0.4) is 0 Å². The topological polar surface area (TPSA) is 98.1 Å². The Kier molecular flexibility index (Phi) is 2.46. The summed E-state index contributed by atoms with van der Waals surface area (Å²) >= 11 is 0. The zero-order valence-corrected chi connectivity index (χ0v) is 7.26. The largest absolute Gasteiger partial charge is 0.333 e. The van der Waals surface area contributed by atoms with Crippen molar-refractivity contribution in [1.29, 1.82) is 0 Å². The molecule has 12 heavy (non-hydrogen) atoms. The van der Waals surface area contributed by atoms with Crippen molar-refractivity contribution in [1.82, 2.24) is 10.2 Å². The number of hydrogen-bond donors (Lipinski definition) is 2. The Bertz CT molecular complexity index is 356. The van der Waals surface area contributed by atoms with Crippen molar-refractivity contribution in [3.63, 3.8) is 0 Å². The normalized spacial score (nSPS) is 11.8. The van der Waals surface area contributed by atoms with Gasteiger partial charge in [-0.3, -0.25) is 9.28 Å². The lowest BCUT2D eigenvalue weighted by molar-refractivity contribution is 0.304. The quantitative estimate of drug-likeness (QED) is 0.669. The molecule has 0 radical (unpaired) electrons. The van der Waals surface area contributed by atoms with Crippen molar-refractivity contribution in [2.24, 2.45) is 5.14 Å². The molecule has 1 rings (SSSR count). The first-order valence-corrected chi connectivity index (χ1v) is 4.62. The lowest BCUT2D eigenvalue weighted by Crippen LogP contribution is -2.15. The zero-order chi connectivity index (χ0) is 9.19. The third kappa shape index (κ3) is 2.99. The van der Waals surface area contributed by atoms with E-state index in [1.807, 2.05) is 0 Å². The van der Waals surface area contributed by atoms with E-state index in [1.54, 1.807) is 13.0 Å². The molecule has 1 aromatic rings. The number of nitrogens with zero attached hydrogens (tertiary/aromatic N) is 1. The molecule has 0 aliphatic rings. The Morgan fingerprint density at radius 3 is 2.83 bits per heavy atom. The van der Waals surface area contributed by atoms with Crippen LogP contribution in [0.2, 0.25) is 0 Å². The monoisotopic (exact) mass is 191 g/mol. The first-order valence-electron chi connectivity index (χ1n) is 3.15. The molecule has 3 N–H and O–H groups in total. The van der Waals surface area contributed by atoms with Crippen LogP contribution in [-0.4, -0.2) is 18.6 Å². The van der Waals surface area contributed by atoms with Gasteiger partial charge in [0, 0.05) is 5.69 Å². The molecule has 0 unspecified atom stereocenters. The Labute approximate surface area is 70.0 Å². The SMILES string of the molecule is Cc1cc(COS(N)(=O)=O)n[nH]1. The van der Waals surface area contributed by atoms with Crippen LogP contribution in [0.5, 0.6) is 0 Å². The van der Waals surface area contributed by atoms with Crippen LogP contribution in [0.1, 0.15) is 11.4 Å². The van der Waals surface area contributed by atoms with Gasteiger partial charge in [0.25, 0.3) is 0 Å². The van der Waals surface area contributed by atoms with E-state index in [0.29, 0.717) is 5.69 Å². The molecular formula is C5H9N3O3S. The van der Waals surface area contributed by atoms with Crippen LogP contribution in [0.4, 0.5) is 0 Å². The molecule has 0 saturated heterocycles. The summed E-state index contributed by atoms with van der Waals surface area (Å²) in [4.78, 5) is 0. The molecule has 7 heteroatoms. The van der Waals surface area contributed by atoms with E-state index in [4.69, 9.17) is 0 Å². The lowest BCUT2D eigenvalue weighted by Gasteiger charge is -1.95. The van der Waals surface area contributed by atoms with E-state index < -0.39 is 10.3 Å². The second-order valence-electron chi connectivity index (χ2n) is 2.30. The number of aromatic amines is 1. The van der Waals surface area contributed by atoms with Gasteiger partial charge in [-0.1, -0.05) is 0 Å². The van der Waals surface area contributed by atoms with E-state index in [0.717, 1.165) is 5.69 Å². The highest BCUT2D eigenvalue weighted by molar-refractivity contribution is 7.84. The minimum atomic E-state index is -3.87. The van der Waals surface area contributed by atoms with Crippen molar-refractivity contribution in [3.05, 3.63) is 17.5 Å². The molecule has 0 atom stereocenters. The average molecular weight is 191 g/mol. The molecule has 1 heterocycles. The van der Waals surface area contributed by atoms with E-state index >= 15 is 0 Å². The molecule has 6 nitrogen and oxygen atoms in total. The summed E-state index contributed by atoms with van der Waals surface area (Å²) in [5.41, 5.74) is 1.34. The Morgan fingerprint density at radius 1 is 1.75 bits per heavy atom. The van der Waals surface area contributed by atoms with Gasteiger partial charge in [0.05, 0.1) is 5.69 Å². The van der Waals surface area contributed by atoms with Crippen LogP contribution < -0.4 is 5.14 Å². The predicted molar refractivity (Wildman–Crippen MR) is 41.2 cm³/mol. The Hall–Kier alpha value is -0.920. The second-order valence-corrected chi connectivity index (χ2v) is 3.52. The summed E-state index contributed by atoms with van der Waals surface area (Å²) in [5, 5.41) is 11.0. The molecular weight excluding hydrogens is 182 g/mol. The van der Waals surface area contributed by atoms with E-state index in [-0.39, 0.29) is 6.61 Å². The maximum absolute atomic E-state index is 10.3. The number of H-pyrrole nitrogens is 1. The zero-order valence-electron chi connectivity index (χ0n) is 6.44. The summed E-state index contributed by atoms with van der Waals surface area (Å²) in [6.45, 7) is 1.66. The second kappa shape index (κ2) is 3.21. The van der Waals surface area contributed by atoms with Crippen LogP contribution in [0.25, 0.3) is 0 Å². The standard InChI is InChI=1S/C5H9N3O3S/c1-4-2-5(8-7-4)3-11-12(6,9)10/h2H,3H2,1H3,(H,7,8)(H2,6,9,10). The maximum Gasteiger partial charge on any atom is 0.333 e. The van der Waals surface area contributed by atoms with Gasteiger partial charge in [-0.05, 0) is 13.0 Å². The summed E-state index contributed by atoms with van der Waals surface area (Å²) in [6, 6.07) is 1.67. The number of hydrogen-bond acceptors (Lipinski definition) is 4. The molecule has 1 aromatic heterocycles. The van der Waals surface area contributed by atoms with Crippen molar-refractivity contribution in [2.45, 2.75) is 13.5 Å². The summed E-state index contributed by atoms with van der Waals surface area (Å²) in [6.07, 6.45) is 0. The van der Waals surface area contributed by atoms with Gasteiger partial charge in [0.1, 0.15) is 6.61 Å². The summed E-state index contributed by atoms with van der Waals surface area (Å²) in [5.74, 6) is 0. The van der Waals surface area contributed by atoms with Crippen LogP contribution >= 0.6 is 0 Å². The smallest absolute Gasteiger partial charge is 0.283 e. The summed E-state index contributed by atoms with van der Waals surface area (Å²) in [7, 11) is -3.87. The van der Waals surface area contributed by atoms with Crippen LogP contribution in [0.15, 0.2) is 6.07 Å². The summed E-state index contributed by atoms with van der Waals surface area (Å²) < 4.78 is 25.0. The molecule has 0 saturated carbocycles. The van der Waals surface area contributed by atoms with Crippen LogP contribution in [0, 0.1) is 6.92 Å². The fourth-order valence-electron chi connectivity index (χ4n) is 0.691. The molecule has 0 aromatic carbocycles. The minimum Gasteiger partial charge on any atom is -0.283 e. The highest BCUT2D eigenvalue weighted by atomic mass is 32.2. The molecule has 0 amide bonds. The van der Waals surface area contributed by atoms with Crippen molar-refractivity contribution in [3.8, 4) is 0 Å². The third-order valence-corrected chi connectivity index (χ3v) is 1.58. The van der Waals surface area contributed by atoms with Gasteiger partial charge in [-0.2, -0.15) is 13.5 Å². The first kappa shape index (κ1) is 9.17. The van der Waals surface area contributed by atoms with E-state index in [1.165, 1.54) is 0 Å². The molecule has 68 valence electrons. The fraction of sp³-hybridized carbons (Fsp3) is 0.400. The number of aromatic nitrogens is 2. The van der Waals surface area contributed by atoms with Crippen molar-refractivity contribution < 1.29 is 12.6 Å². The number of aryl methyl sites for hydroxylation is 1. The van der Waals surface area contributed by atoms with Gasteiger partial charge in [-0.15, -0.1) is 0 Å². The first-order chi connectivity index (χ1) is 5.47. The molecule has 0 fully saturated rings. The highest BCUT2D eigenvalue weighted by Gasteiger charge is 2.04. The van der Waals surface area contributed by atoms with E-state index in [9.17, 15) is 8.42 Å². The number of nitrogens with one attached hydrogen (secondary N) is 1. The van der Waals surface area contributed by atoms with E-state index in [2.05, 4.69) is 19.5 Å². The lowest BCUT2D eigenvalue weighted by atomic mass is 10.4. The average Bonchev–Trinajstić information content (AvgIpc) is 2.30. The fourth-order valence-corrected chi connectivity index (χ4v) is 0.976. The van der Waals surface area contributed by atoms with Gasteiger partial charge in [0.15, 0.2) is 0 Å². The number of rotatable bonds is 3. The van der Waals surface area contributed by atoms with Gasteiger partial charge in [0.2, 0.25) is 0 Å².